The van der Waals surface area contributed by atoms with Gasteiger partial charge in [0.1, 0.15) is 5.82 Å². The molecule has 2 heterocycles. The molecule has 2 aromatic rings. The Balaban J connectivity index is 2.12. The van der Waals surface area contributed by atoms with Crippen LogP contribution in [0, 0.1) is 0 Å². The van der Waals surface area contributed by atoms with Crippen molar-refractivity contribution in [2.45, 2.75) is 5.92 Å². The molecule has 1 unspecified atom stereocenters. The van der Waals surface area contributed by atoms with Crippen LogP contribution in [0.5, 0.6) is 0 Å². The van der Waals surface area contributed by atoms with Crippen molar-refractivity contribution in [2.24, 2.45) is 7.05 Å². The Labute approximate surface area is 103 Å². The number of aryl methyl sites for hydroxylation is 1. The van der Waals surface area contributed by atoms with Crippen molar-refractivity contribution < 1.29 is 0 Å². The predicted molar refractivity (Wildman–Crippen MR) is 67.8 cm³/mol. The molecule has 4 nitrogen and oxygen atoms in total. The molecule has 1 aromatic heterocycles. The summed E-state index contributed by atoms with van der Waals surface area (Å²) in [7, 11) is 1.72. The second-order valence-corrected chi connectivity index (χ2v) is 4.69. The lowest BCUT2D eigenvalue weighted by Gasteiger charge is -2.09. The van der Waals surface area contributed by atoms with Gasteiger partial charge in [0.25, 0.3) is 5.56 Å². The highest BCUT2D eigenvalue weighted by molar-refractivity contribution is 6.30. The summed E-state index contributed by atoms with van der Waals surface area (Å²) in [6.45, 7) is 0.734. The Morgan fingerprint density at radius 1 is 1.47 bits per heavy atom. The van der Waals surface area contributed by atoms with Gasteiger partial charge in [-0.05, 0) is 17.7 Å². The first kappa shape index (κ1) is 10.5. The van der Waals surface area contributed by atoms with Crippen LogP contribution in [0.25, 0.3) is 0 Å². The summed E-state index contributed by atoms with van der Waals surface area (Å²) < 4.78 is 1.49. The van der Waals surface area contributed by atoms with Gasteiger partial charge in [-0.1, -0.05) is 23.7 Å². The summed E-state index contributed by atoms with van der Waals surface area (Å²) in [6.07, 6.45) is 0. The van der Waals surface area contributed by atoms with E-state index in [1.807, 2.05) is 24.3 Å². The summed E-state index contributed by atoms with van der Waals surface area (Å²) in [5, 5.41) is 6.91. The standard InChI is InChI=1S/C12H12ClN3O/c1-16-12(17)10-9(6-14-11(10)15-16)7-3-2-4-8(13)5-7/h2-5,9,14-15H,6H2,1H3. The summed E-state index contributed by atoms with van der Waals surface area (Å²) in [5.74, 6) is 0.899. The van der Waals surface area contributed by atoms with Crippen molar-refractivity contribution in [2.75, 3.05) is 11.9 Å². The Hall–Kier alpha value is -1.68. The zero-order valence-electron chi connectivity index (χ0n) is 9.33. The summed E-state index contributed by atoms with van der Waals surface area (Å²) in [6, 6.07) is 7.66. The van der Waals surface area contributed by atoms with Gasteiger partial charge in [-0.25, -0.2) is 0 Å². The van der Waals surface area contributed by atoms with Crippen LogP contribution >= 0.6 is 11.6 Å². The van der Waals surface area contributed by atoms with Crippen LogP contribution in [-0.2, 0) is 7.05 Å². The van der Waals surface area contributed by atoms with E-state index in [0.29, 0.717) is 5.02 Å². The Morgan fingerprint density at radius 2 is 2.29 bits per heavy atom. The Kier molecular flexibility index (Phi) is 2.26. The molecular weight excluding hydrogens is 238 g/mol. The molecule has 1 aromatic carbocycles. The summed E-state index contributed by atoms with van der Waals surface area (Å²) >= 11 is 5.98. The van der Waals surface area contributed by atoms with E-state index in [2.05, 4.69) is 10.4 Å². The fourth-order valence-corrected chi connectivity index (χ4v) is 2.54. The molecule has 0 saturated heterocycles. The van der Waals surface area contributed by atoms with E-state index in [-0.39, 0.29) is 11.5 Å². The molecule has 0 radical (unpaired) electrons. The van der Waals surface area contributed by atoms with Gasteiger partial charge in [0.2, 0.25) is 0 Å². The highest BCUT2D eigenvalue weighted by Crippen LogP contribution is 2.33. The first-order valence-electron chi connectivity index (χ1n) is 5.45. The topological polar surface area (TPSA) is 49.8 Å². The lowest BCUT2D eigenvalue weighted by Crippen LogP contribution is -2.19. The quantitative estimate of drug-likeness (QED) is 0.811. The third-order valence-corrected chi connectivity index (χ3v) is 3.40. The number of halogens is 1. The maximum Gasteiger partial charge on any atom is 0.272 e. The molecule has 0 saturated carbocycles. The third kappa shape index (κ3) is 1.56. The lowest BCUT2D eigenvalue weighted by molar-refractivity contribution is 0.725. The molecule has 17 heavy (non-hydrogen) atoms. The number of aromatic amines is 1. The summed E-state index contributed by atoms with van der Waals surface area (Å²) in [4.78, 5) is 12.0. The molecule has 2 N–H and O–H groups in total. The van der Waals surface area contributed by atoms with Gasteiger partial charge >= 0.3 is 0 Å². The van der Waals surface area contributed by atoms with Crippen molar-refractivity contribution in [3.63, 3.8) is 0 Å². The third-order valence-electron chi connectivity index (χ3n) is 3.17. The minimum atomic E-state index is 0.0231. The number of H-pyrrole nitrogens is 1. The average Bonchev–Trinajstić information content (AvgIpc) is 2.81. The SMILES string of the molecule is Cn1[nH]c2c(c1=O)C(c1cccc(Cl)c1)CN2. The van der Waals surface area contributed by atoms with E-state index >= 15 is 0 Å². The first-order valence-corrected chi connectivity index (χ1v) is 5.83. The summed E-state index contributed by atoms with van der Waals surface area (Å²) in [5.41, 5.74) is 1.89. The molecule has 1 atom stereocenters. The van der Waals surface area contributed by atoms with E-state index < -0.39 is 0 Å². The number of anilines is 1. The molecule has 3 rings (SSSR count). The van der Waals surface area contributed by atoms with Crippen molar-refractivity contribution >= 4 is 17.4 Å². The van der Waals surface area contributed by atoms with Crippen LogP contribution in [0.4, 0.5) is 5.82 Å². The van der Waals surface area contributed by atoms with Gasteiger partial charge in [0, 0.05) is 24.5 Å². The fraction of sp³-hybridized carbons (Fsp3) is 0.250. The van der Waals surface area contributed by atoms with Crippen molar-refractivity contribution in [1.29, 1.82) is 0 Å². The fourth-order valence-electron chi connectivity index (χ4n) is 2.34. The van der Waals surface area contributed by atoms with Gasteiger partial charge < -0.3 is 5.32 Å². The van der Waals surface area contributed by atoms with Crippen molar-refractivity contribution in [1.82, 2.24) is 9.78 Å². The minimum Gasteiger partial charge on any atom is -0.369 e. The van der Waals surface area contributed by atoms with E-state index in [0.717, 1.165) is 23.5 Å². The molecule has 0 amide bonds. The zero-order chi connectivity index (χ0) is 12.0. The number of nitrogens with zero attached hydrogens (tertiary/aromatic N) is 1. The van der Waals surface area contributed by atoms with Gasteiger partial charge in [-0.15, -0.1) is 0 Å². The van der Waals surface area contributed by atoms with E-state index in [9.17, 15) is 4.79 Å². The number of fused-ring (bicyclic) bond motifs is 1. The monoisotopic (exact) mass is 249 g/mol. The first-order chi connectivity index (χ1) is 8.16. The maximum atomic E-state index is 12.0. The van der Waals surface area contributed by atoms with Crippen LogP contribution < -0.4 is 10.9 Å². The van der Waals surface area contributed by atoms with Gasteiger partial charge in [0.05, 0.1) is 5.56 Å². The highest BCUT2D eigenvalue weighted by atomic mass is 35.5. The average molecular weight is 250 g/mol. The maximum absolute atomic E-state index is 12.0. The molecule has 1 aliphatic rings. The molecule has 0 bridgehead atoms. The largest absolute Gasteiger partial charge is 0.369 e. The Morgan fingerprint density at radius 3 is 3.06 bits per heavy atom. The molecule has 0 fully saturated rings. The van der Waals surface area contributed by atoms with Gasteiger partial charge in [-0.2, -0.15) is 0 Å². The lowest BCUT2D eigenvalue weighted by atomic mass is 9.95. The van der Waals surface area contributed by atoms with Crippen LogP contribution in [0.2, 0.25) is 5.02 Å². The van der Waals surface area contributed by atoms with E-state index in [1.54, 1.807) is 7.05 Å². The smallest absolute Gasteiger partial charge is 0.272 e. The van der Waals surface area contributed by atoms with Crippen LogP contribution in [0.15, 0.2) is 29.1 Å². The molecule has 0 spiro atoms. The zero-order valence-corrected chi connectivity index (χ0v) is 10.1. The normalized spacial score (nSPS) is 17.9. The Bertz CT molecular complexity index is 629. The number of benzene rings is 1. The number of nitrogens with one attached hydrogen (secondary N) is 2. The van der Waals surface area contributed by atoms with E-state index in [1.165, 1.54) is 4.68 Å². The van der Waals surface area contributed by atoms with Crippen molar-refractivity contribution in [3.05, 3.63) is 50.8 Å². The number of aromatic nitrogens is 2. The van der Waals surface area contributed by atoms with E-state index in [4.69, 9.17) is 11.6 Å². The van der Waals surface area contributed by atoms with Crippen LogP contribution in [-0.4, -0.2) is 16.3 Å². The number of hydrogen-bond donors (Lipinski definition) is 2. The van der Waals surface area contributed by atoms with Crippen LogP contribution in [0.1, 0.15) is 17.0 Å². The van der Waals surface area contributed by atoms with Crippen LogP contribution in [0.3, 0.4) is 0 Å². The molecule has 0 aliphatic carbocycles. The number of hydrogen-bond acceptors (Lipinski definition) is 2. The second-order valence-electron chi connectivity index (χ2n) is 4.25. The second kappa shape index (κ2) is 3.67. The molecule has 88 valence electrons. The highest BCUT2D eigenvalue weighted by Gasteiger charge is 2.29. The van der Waals surface area contributed by atoms with Gasteiger partial charge in [-0.3, -0.25) is 14.6 Å². The molecule has 1 aliphatic heterocycles. The van der Waals surface area contributed by atoms with Gasteiger partial charge in [0.15, 0.2) is 0 Å². The van der Waals surface area contributed by atoms with Crippen molar-refractivity contribution in [3.8, 4) is 0 Å². The number of rotatable bonds is 1. The molecule has 5 heteroatoms. The molecular formula is C12H12ClN3O. The minimum absolute atomic E-state index is 0.0231. The predicted octanol–water partition coefficient (Wildman–Crippen LogP) is 1.92.